The van der Waals surface area contributed by atoms with Crippen molar-refractivity contribution in [2.24, 2.45) is 5.84 Å². The largest absolute Gasteiger partial charge is 0.271 e. The highest BCUT2D eigenvalue weighted by molar-refractivity contribution is 9.12. The van der Waals surface area contributed by atoms with Crippen molar-refractivity contribution in [3.8, 4) is 0 Å². The first-order valence-corrected chi connectivity index (χ1v) is 6.50. The van der Waals surface area contributed by atoms with E-state index in [1.807, 2.05) is 6.92 Å². The molecule has 0 aliphatic heterocycles. The van der Waals surface area contributed by atoms with Gasteiger partial charge >= 0.3 is 0 Å². The van der Waals surface area contributed by atoms with Gasteiger partial charge in [0.2, 0.25) is 0 Å². The van der Waals surface area contributed by atoms with Gasteiger partial charge in [-0.05, 0) is 56.8 Å². The number of hydrazine groups is 1. The molecule has 5 heteroatoms. The molecule has 0 aliphatic carbocycles. The fourth-order valence-electron chi connectivity index (χ4n) is 1.20. The molecule has 3 N–H and O–H groups in total. The van der Waals surface area contributed by atoms with Gasteiger partial charge in [0.05, 0.1) is 13.6 Å². The zero-order valence-electron chi connectivity index (χ0n) is 7.81. The van der Waals surface area contributed by atoms with Gasteiger partial charge in [-0.1, -0.05) is 5.57 Å². The third-order valence-electron chi connectivity index (χ3n) is 1.81. The summed E-state index contributed by atoms with van der Waals surface area (Å²) in [4.78, 5) is 0. The summed E-state index contributed by atoms with van der Waals surface area (Å²) in [5.74, 6) is 5.51. The topological polar surface area (TPSA) is 38.0 Å². The van der Waals surface area contributed by atoms with E-state index in [0.29, 0.717) is 0 Å². The highest BCUT2D eigenvalue weighted by Gasteiger charge is 2.15. The second-order valence-corrected chi connectivity index (χ2v) is 6.91. The van der Waals surface area contributed by atoms with Crippen LogP contribution in [0.2, 0.25) is 0 Å². The van der Waals surface area contributed by atoms with Crippen LogP contribution in [0.1, 0.15) is 24.9 Å². The van der Waals surface area contributed by atoms with Gasteiger partial charge in [-0.2, -0.15) is 0 Å². The minimum absolute atomic E-state index is 0.129. The van der Waals surface area contributed by atoms with Crippen molar-refractivity contribution in [1.29, 1.82) is 0 Å². The van der Waals surface area contributed by atoms with Crippen LogP contribution in [-0.2, 0) is 0 Å². The highest BCUT2D eigenvalue weighted by Crippen LogP contribution is 2.36. The van der Waals surface area contributed by atoms with Crippen LogP contribution in [0.25, 0.3) is 0 Å². The van der Waals surface area contributed by atoms with Gasteiger partial charge in [-0.25, -0.2) is 0 Å². The monoisotopic (exact) mass is 338 g/mol. The molecule has 1 rings (SSSR count). The van der Waals surface area contributed by atoms with Gasteiger partial charge in [0.15, 0.2) is 0 Å². The van der Waals surface area contributed by atoms with E-state index in [1.54, 1.807) is 11.3 Å². The zero-order chi connectivity index (χ0) is 10.7. The van der Waals surface area contributed by atoms with Crippen LogP contribution in [0.4, 0.5) is 0 Å². The van der Waals surface area contributed by atoms with E-state index < -0.39 is 0 Å². The first-order chi connectivity index (χ1) is 6.54. The first-order valence-electron chi connectivity index (χ1n) is 4.09. The highest BCUT2D eigenvalue weighted by atomic mass is 79.9. The Kier molecular flexibility index (Phi) is 4.79. The molecular formula is C9H12Br2N2S. The van der Waals surface area contributed by atoms with Crippen molar-refractivity contribution >= 4 is 43.2 Å². The summed E-state index contributed by atoms with van der Waals surface area (Å²) >= 11 is 8.60. The lowest BCUT2D eigenvalue weighted by Gasteiger charge is -2.15. The Balaban J connectivity index is 2.88. The summed E-state index contributed by atoms with van der Waals surface area (Å²) in [6.07, 6.45) is 0.846. The molecule has 0 aromatic carbocycles. The molecule has 0 amide bonds. The smallest absolute Gasteiger partial charge is 0.0758 e. The van der Waals surface area contributed by atoms with Gasteiger partial charge in [-0.15, -0.1) is 17.9 Å². The molecular weight excluding hydrogens is 328 g/mol. The van der Waals surface area contributed by atoms with E-state index in [4.69, 9.17) is 5.84 Å². The molecule has 0 radical (unpaired) electrons. The Hall–Kier alpha value is 0.320. The lowest BCUT2D eigenvalue weighted by molar-refractivity contribution is 0.550. The summed E-state index contributed by atoms with van der Waals surface area (Å²) in [7, 11) is 0. The Morgan fingerprint density at radius 3 is 2.71 bits per heavy atom. The third-order valence-corrected chi connectivity index (χ3v) is 4.20. The molecule has 1 atom stereocenters. The first kappa shape index (κ1) is 12.4. The van der Waals surface area contributed by atoms with Gasteiger partial charge in [0.25, 0.3) is 0 Å². The van der Waals surface area contributed by atoms with Crippen LogP contribution in [-0.4, -0.2) is 0 Å². The maximum absolute atomic E-state index is 5.51. The number of halogens is 2. The molecule has 0 aliphatic rings. The predicted octanol–water partition coefficient (Wildman–Crippen LogP) is 3.74. The lowest BCUT2D eigenvalue weighted by atomic mass is 10.0. The number of hydrogen-bond donors (Lipinski definition) is 2. The van der Waals surface area contributed by atoms with Gasteiger partial charge in [0, 0.05) is 0 Å². The fourth-order valence-corrected chi connectivity index (χ4v) is 4.17. The summed E-state index contributed by atoms with van der Waals surface area (Å²) in [5.41, 5.74) is 5.09. The predicted molar refractivity (Wildman–Crippen MR) is 69.2 cm³/mol. The van der Waals surface area contributed by atoms with Crippen molar-refractivity contribution < 1.29 is 0 Å². The maximum Gasteiger partial charge on any atom is 0.0758 e. The molecule has 0 spiro atoms. The molecule has 1 unspecified atom stereocenters. The second kappa shape index (κ2) is 5.42. The standard InChI is InChI=1S/C9H12Br2N2S/c1-5(2)3-7(13-12)6-4-8(10)14-9(6)11/h4,7,13H,1,3,12H2,2H3. The fraction of sp³-hybridized carbons (Fsp3) is 0.333. The molecule has 0 saturated heterocycles. The minimum Gasteiger partial charge on any atom is -0.271 e. The Morgan fingerprint density at radius 2 is 2.36 bits per heavy atom. The SMILES string of the molecule is C=C(C)CC(NN)c1cc(Br)sc1Br. The summed E-state index contributed by atoms with van der Waals surface area (Å²) in [6, 6.07) is 2.20. The summed E-state index contributed by atoms with van der Waals surface area (Å²) in [5, 5.41) is 0. The van der Waals surface area contributed by atoms with Gasteiger partial charge in [-0.3, -0.25) is 11.3 Å². The lowest BCUT2D eigenvalue weighted by Crippen LogP contribution is -2.28. The summed E-state index contributed by atoms with van der Waals surface area (Å²) in [6.45, 7) is 5.89. The zero-order valence-corrected chi connectivity index (χ0v) is 11.8. The molecule has 2 nitrogen and oxygen atoms in total. The quantitative estimate of drug-likeness (QED) is 0.498. The van der Waals surface area contributed by atoms with Crippen LogP contribution in [0.5, 0.6) is 0 Å². The van der Waals surface area contributed by atoms with Crippen LogP contribution >= 0.6 is 43.2 Å². The molecule has 0 saturated carbocycles. The third kappa shape index (κ3) is 3.17. The van der Waals surface area contributed by atoms with E-state index in [-0.39, 0.29) is 6.04 Å². The van der Waals surface area contributed by atoms with E-state index in [0.717, 1.165) is 19.6 Å². The normalized spacial score (nSPS) is 12.9. The minimum atomic E-state index is 0.129. The van der Waals surface area contributed by atoms with E-state index in [1.165, 1.54) is 5.56 Å². The van der Waals surface area contributed by atoms with Gasteiger partial charge in [0.1, 0.15) is 0 Å². The number of nitrogens with one attached hydrogen (secondary N) is 1. The molecule has 1 aromatic heterocycles. The van der Waals surface area contributed by atoms with Crippen LogP contribution in [0.3, 0.4) is 0 Å². The Morgan fingerprint density at radius 1 is 1.71 bits per heavy atom. The molecule has 14 heavy (non-hydrogen) atoms. The van der Waals surface area contributed by atoms with E-state index in [9.17, 15) is 0 Å². The van der Waals surface area contributed by atoms with Crippen LogP contribution < -0.4 is 11.3 Å². The number of nitrogens with two attached hydrogens (primary N) is 1. The average molecular weight is 340 g/mol. The van der Waals surface area contributed by atoms with Crippen molar-refractivity contribution in [3.05, 3.63) is 31.4 Å². The molecule has 78 valence electrons. The average Bonchev–Trinajstić information content (AvgIpc) is 2.41. The van der Waals surface area contributed by atoms with Crippen molar-refractivity contribution in [3.63, 3.8) is 0 Å². The van der Waals surface area contributed by atoms with E-state index >= 15 is 0 Å². The number of hydrogen-bond acceptors (Lipinski definition) is 3. The van der Waals surface area contributed by atoms with Crippen LogP contribution in [0.15, 0.2) is 25.8 Å². The van der Waals surface area contributed by atoms with Crippen molar-refractivity contribution in [1.82, 2.24) is 5.43 Å². The van der Waals surface area contributed by atoms with Crippen molar-refractivity contribution in [2.75, 3.05) is 0 Å². The van der Waals surface area contributed by atoms with E-state index in [2.05, 4.69) is 49.9 Å². The van der Waals surface area contributed by atoms with Gasteiger partial charge < -0.3 is 0 Å². The summed E-state index contributed by atoms with van der Waals surface area (Å²) < 4.78 is 2.20. The number of thiophene rings is 1. The molecule has 0 bridgehead atoms. The Labute approximate surface area is 105 Å². The molecule has 0 fully saturated rings. The Bertz CT molecular complexity index is 336. The van der Waals surface area contributed by atoms with Crippen molar-refractivity contribution in [2.45, 2.75) is 19.4 Å². The second-order valence-electron chi connectivity index (χ2n) is 3.16. The molecule has 1 aromatic rings. The maximum atomic E-state index is 5.51. The molecule has 1 heterocycles. The van der Waals surface area contributed by atoms with Crippen LogP contribution in [0, 0.1) is 0 Å². The number of rotatable bonds is 4.